The number of hydrogen-bond donors (Lipinski definition) is 1. The summed E-state index contributed by atoms with van der Waals surface area (Å²) in [5, 5.41) is 0. The Morgan fingerprint density at radius 1 is 0.810 bits per heavy atom. The van der Waals surface area contributed by atoms with Gasteiger partial charge in [0.1, 0.15) is 0 Å². The number of hydrogen-bond acceptors (Lipinski definition) is 0. The maximum absolute atomic E-state index is 3.38. The van der Waals surface area contributed by atoms with Crippen molar-refractivity contribution < 1.29 is 0 Å². The molecule has 0 aliphatic carbocycles. The van der Waals surface area contributed by atoms with Gasteiger partial charge in [-0.3, -0.25) is 0 Å². The SMILES string of the molecule is CC(C)Cc1ccc(-c2cc(-c3ccccc3)c[nH]2)cc1. The van der Waals surface area contributed by atoms with Crippen molar-refractivity contribution in [2.24, 2.45) is 5.92 Å². The molecule has 21 heavy (non-hydrogen) atoms. The number of benzene rings is 2. The molecular formula is C20H21N. The predicted octanol–water partition coefficient (Wildman–Crippen LogP) is 5.55. The van der Waals surface area contributed by atoms with Crippen LogP contribution in [-0.2, 0) is 6.42 Å². The first-order valence-electron chi connectivity index (χ1n) is 7.55. The molecule has 0 atom stereocenters. The zero-order chi connectivity index (χ0) is 14.7. The van der Waals surface area contributed by atoms with Gasteiger partial charge in [-0.05, 0) is 40.7 Å². The fourth-order valence-corrected chi connectivity index (χ4v) is 2.65. The van der Waals surface area contributed by atoms with Gasteiger partial charge < -0.3 is 4.98 Å². The van der Waals surface area contributed by atoms with Gasteiger partial charge in [0, 0.05) is 11.9 Å². The Bertz CT molecular complexity index is 690. The Kier molecular flexibility index (Phi) is 3.92. The standard InChI is InChI=1S/C20H21N/c1-15(2)12-16-8-10-18(11-9-16)20-13-19(14-21-20)17-6-4-3-5-7-17/h3-11,13-15,21H,12H2,1-2H3. The summed E-state index contributed by atoms with van der Waals surface area (Å²) >= 11 is 0. The van der Waals surface area contributed by atoms with E-state index in [1.165, 1.54) is 27.9 Å². The monoisotopic (exact) mass is 275 g/mol. The molecule has 0 bridgehead atoms. The van der Waals surface area contributed by atoms with Crippen LogP contribution >= 0.6 is 0 Å². The van der Waals surface area contributed by atoms with E-state index in [0.717, 1.165) is 6.42 Å². The summed E-state index contributed by atoms with van der Waals surface area (Å²) in [5.41, 5.74) is 6.30. The second-order valence-electron chi connectivity index (χ2n) is 5.96. The van der Waals surface area contributed by atoms with E-state index in [4.69, 9.17) is 0 Å². The minimum atomic E-state index is 0.700. The summed E-state index contributed by atoms with van der Waals surface area (Å²) in [7, 11) is 0. The van der Waals surface area contributed by atoms with Crippen LogP contribution in [0.15, 0.2) is 66.9 Å². The van der Waals surface area contributed by atoms with Gasteiger partial charge in [-0.15, -0.1) is 0 Å². The van der Waals surface area contributed by atoms with Crippen molar-refractivity contribution in [2.75, 3.05) is 0 Å². The largest absolute Gasteiger partial charge is 0.361 e. The Balaban J connectivity index is 1.83. The minimum absolute atomic E-state index is 0.700. The lowest BCUT2D eigenvalue weighted by Crippen LogP contribution is -1.93. The van der Waals surface area contributed by atoms with Gasteiger partial charge in [0.2, 0.25) is 0 Å². The highest BCUT2D eigenvalue weighted by atomic mass is 14.7. The molecule has 0 saturated carbocycles. The Hall–Kier alpha value is -2.28. The van der Waals surface area contributed by atoms with Crippen molar-refractivity contribution in [2.45, 2.75) is 20.3 Å². The van der Waals surface area contributed by atoms with Gasteiger partial charge in [-0.1, -0.05) is 68.4 Å². The molecule has 0 amide bonds. The third-order valence-electron chi connectivity index (χ3n) is 3.70. The van der Waals surface area contributed by atoms with E-state index in [0.29, 0.717) is 5.92 Å². The topological polar surface area (TPSA) is 15.8 Å². The lowest BCUT2D eigenvalue weighted by atomic mass is 10.0. The summed E-state index contributed by atoms with van der Waals surface area (Å²) in [6.07, 6.45) is 3.22. The van der Waals surface area contributed by atoms with Crippen LogP contribution in [0.25, 0.3) is 22.4 Å². The number of H-pyrrole nitrogens is 1. The molecule has 3 rings (SSSR count). The highest BCUT2D eigenvalue weighted by Gasteiger charge is 2.04. The number of aromatic nitrogens is 1. The predicted molar refractivity (Wildman–Crippen MR) is 90.2 cm³/mol. The second-order valence-corrected chi connectivity index (χ2v) is 5.96. The zero-order valence-electron chi connectivity index (χ0n) is 12.6. The molecule has 1 heteroatoms. The fourth-order valence-electron chi connectivity index (χ4n) is 2.65. The Labute approximate surface area is 126 Å². The zero-order valence-corrected chi connectivity index (χ0v) is 12.6. The van der Waals surface area contributed by atoms with E-state index in [1.807, 2.05) is 6.07 Å². The van der Waals surface area contributed by atoms with Gasteiger partial charge >= 0.3 is 0 Å². The molecule has 1 heterocycles. The molecule has 0 fully saturated rings. The average Bonchev–Trinajstić information content (AvgIpc) is 2.98. The van der Waals surface area contributed by atoms with Gasteiger partial charge in [0.15, 0.2) is 0 Å². The summed E-state index contributed by atoms with van der Waals surface area (Å²) in [5.74, 6) is 0.700. The van der Waals surface area contributed by atoms with Crippen molar-refractivity contribution in [3.05, 3.63) is 72.4 Å². The van der Waals surface area contributed by atoms with Crippen molar-refractivity contribution in [3.8, 4) is 22.4 Å². The number of aromatic amines is 1. The van der Waals surface area contributed by atoms with Crippen molar-refractivity contribution in [1.82, 2.24) is 4.98 Å². The lowest BCUT2D eigenvalue weighted by Gasteiger charge is -2.05. The smallest absolute Gasteiger partial charge is 0.0460 e. The number of nitrogens with one attached hydrogen (secondary N) is 1. The van der Waals surface area contributed by atoms with Crippen molar-refractivity contribution in [3.63, 3.8) is 0 Å². The maximum Gasteiger partial charge on any atom is 0.0460 e. The molecule has 1 nitrogen and oxygen atoms in total. The summed E-state index contributed by atoms with van der Waals surface area (Å²) in [6, 6.07) is 21.6. The summed E-state index contributed by atoms with van der Waals surface area (Å²) < 4.78 is 0. The first-order chi connectivity index (χ1) is 10.2. The summed E-state index contributed by atoms with van der Waals surface area (Å²) in [4.78, 5) is 3.38. The van der Waals surface area contributed by atoms with E-state index >= 15 is 0 Å². The third-order valence-corrected chi connectivity index (χ3v) is 3.70. The molecule has 0 aliphatic rings. The van der Waals surface area contributed by atoms with Gasteiger partial charge in [-0.2, -0.15) is 0 Å². The minimum Gasteiger partial charge on any atom is -0.361 e. The average molecular weight is 275 g/mol. The van der Waals surface area contributed by atoms with Crippen LogP contribution < -0.4 is 0 Å². The quantitative estimate of drug-likeness (QED) is 0.642. The normalized spacial score (nSPS) is 11.0. The van der Waals surface area contributed by atoms with Crippen molar-refractivity contribution in [1.29, 1.82) is 0 Å². The third kappa shape index (κ3) is 3.25. The molecule has 0 unspecified atom stereocenters. The van der Waals surface area contributed by atoms with Crippen LogP contribution in [-0.4, -0.2) is 4.98 Å². The highest BCUT2D eigenvalue weighted by Crippen LogP contribution is 2.26. The van der Waals surface area contributed by atoms with Crippen LogP contribution in [0, 0.1) is 5.92 Å². The van der Waals surface area contributed by atoms with E-state index in [9.17, 15) is 0 Å². The first kappa shape index (κ1) is 13.7. The van der Waals surface area contributed by atoms with Gasteiger partial charge in [0.25, 0.3) is 0 Å². The molecule has 0 spiro atoms. The molecule has 1 aromatic heterocycles. The van der Waals surface area contributed by atoms with Crippen LogP contribution in [0.1, 0.15) is 19.4 Å². The summed E-state index contributed by atoms with van der Waals surface area (Å²) in [6.45, 7) is 4.51. The van der Waals surface area contributed by atoms with E-state index < -0.39 is 0 Å². The number of rotatable bonds is 4. The Morgan fingerprint density at radius 2 is 1.52 bits per heavy atom. The molecule has 2 aromatic carbocycles. The molecule has 0 aliphatic heterocycles. The highest BCUT2D eigenvalue weighted by molar-refractivity contribution is 5.71. The molecule has 3 aromatic rings. The van der Waals surface area contributed by atoms with Gasteiger partial charge in [0.05, 0.1) is 0 Å². The second kappa shape index (κ2) is 6.01. The van der Waals surface area contributed by atoms with Crippen LogP contribution in [0.3, 0.4) is 0 Å². The van der Waals surface area contributed by atoms with E-state index in [-0.39, 0.29) is 0 Å². The molecular weight excluding hydrogens is 254 g/mol. The Morgan fingerprint density at radius 3 is 2.19 bits per heavy atom. The van der Waals surface area contributed by atoms with Crippen LogP contribution in [0.5, 0.6) is 0 Å². The lowest BCUT2D eigenvalue weighted by molar-refractivity contribution is 0.647. The van der Waals surface area contributed by atoms with Gasteiger partial charge in [-0.25, -0.2) is 0 Å². The maximum atomic E-state index is 3.38. The van der Waals surface area contributed by atoms with E-state index in [2.05, 4.69) is 79.6 Å². The fraction of sp³-hybridized carbons (Fsp3) is 0.200. The molecule has 1 N–H and O–H groups in total. The van der Waals surface area contributed by atoms with E-state index in [1.54, 1.807) is 0 Å². The van der Waals surface area contributed by atoms with Crippen LogP contribution in [0.2, 0.25) is 0 Å². The first-order valence-corrected chi connectivity index (χ1v) is 7.55. The van der Waals surface area contributed by atoms with Crippen LogP contribution in [0.4, 0.5) is 0 Å². The van der Waals surface area contributed by atoms with Crippen molar-refractivity contribution >= 4 is 0 Å². The molecule has 0 saturated heterocycles. The molecule has 106 valence electrons. The molecule has 0 radical (unpaired) electrons.